The minimum absolute atomic E-state index is 0.0818. The second kappa shape index (κ2) is 7.98. The molecule has 0 aromatic heterocycles. The van der Waals surface area contributed by atoms with E-state index in [0.29, 0.717) is 13.2 Å². The third-order valence-corrected chi connectivity index (χ3v) is 3.34. The minimum atomic E-state index is -0.525. The van der Waals surface area contributed by atoms with Crippen LogP contribution in [0.3, 0.4) is 0 Å². The lowest BCUT2D eigenvalue weighted by Gasteiger charge is -2.19. The van der Waals surface area contributed by atoms with Crippen molar-refractivity contribution in [1.29, 1.82) is 0 Å². The van der Waals surface area contributed by atoms with Gasteiger partial charge < -0.3 is 15.4 Å². The molecule has 0 spiro atoms. The molecule has 0 aliphatic carbocycles. The molecule has 0 heterocycles. The molecule has 0 unspecified atom stereocenters. The van der Waals surface area contributed by atoms with Crippen molar-refractivity contribution in [2.45, 2.75) is 20.1 Å². The molecule has 2 aromatic rings. The Morgan fingerprint density at radius 1 is 1.00 bits per heavy atom. The molecule has 5 nitrogen and oxygen atoms in total. The quantitative estimate of drug-likeness (QED) is 0.851. The van der Waals surface area contributed by atoms with Gasteiger partial charge in [0.05, 0.1) is 6.54 Å². The van der Waals surface area contributed by atoms with Crippen molar-refractivity contribution < 1.29 is 14.3 Å². The Morgan fingerprint density at radius 2 is 1.65 bits per heavy atom. The van der Waals surface area contributed by atoms with Gasteiger partial charge in [-0.15, -0.1) is 0 Å². The second-order valence-corrected chi connectivity index (χ2v) is 5.26. The SMILES string of the molecule is CC(=O)N(CC(N)=O)Cc1ccc(OCc2ccccc2)cc1. The number of benzene rings is 2. The Bertz CT molecular complexity index is 654. The lowest BCUT2D eigenvalue weighted by molar-refractivity contribution is -0.133. The summed E-state index contributed by atoms with van der Waals surface area (Å²) in [4.78, 5) is 23.9. The molecule has 0 aliphatic heterocycles. The highest BCUT2D eigenvalue weighted by atomic mass is 16.5. The second-order valence-electron chi connectivity index (χ2n) is 5.26. The molecule has 5 heteroatoms. The predicted molar refractivity (Wildman–Crippen MR) is 87.5 cm³/mol. The molecule has 0 saturated carbocycles. The molecule has 0 atom stereocenters. The largest absolute Gasteiger partial charge is 0.489 e. The molecule has 2 aromatic carbocycles. The average Bonchev–Trinajstić information content (AvgIpc) is 2.54. The summed E-state index contributed by atoms with van der Waals surface area (Å²) in [6.07, 6.45) is 0. The number of ether oxygens (including phenoxy) is 1. The number of hydrogen-bond acceptors (Lipinski definition) is 3. The molecular weight excluding hydrogens is 292 g/mol. The van der Waals surface area contributed by atoms with E-state index in [1.54, 1.807) is 0 Å². The van der Waals surface area contributed by atoms with Gasteiger partial charge in [0.25, 0.3) is 0 Å². The smallest absolute Gasteiger partial charge is 0.237 e. The third kappa shape index (κ3) is 5.47. The normalized spacial score (nSPS) is 10.1. The van der Waals surface area contributed by atoms with E-state index in [-0.39, 0.29) is 12.5 Å². The van der Waals surface area contributed by atoms with Crippen molar-refractivity contribution in [2.75, 3.05) is 6.54 Å². The van der Waals surface area contributed by atoms with Crippen molar-refractivity contribution in [3.05, 3.63) is 65.7 Å². The zero-order valence-electron chi connectivity index (χ0n) is 13.1. The summed E-state index contributed by atoms with van der Waals surface area (Å²) in [6, 6.07) is 17.3. The Kier molecular flexibility index (Phi) is 5.74. The van der Waals surface area contributed by atoms with Gasteiger partial charge in [-0.3, -0.25) is 9.59 Å². The van der Waals surface area contributed by atoms with Crippen LogP contribution in [0.2, 0.25) is 0 Å². The number of carbonyl (C=O) groups is 2. The first kappa shape index (κ1) is 16.5. The lowest BCUT2D eigenvalue weighted by Crippen LogP contribution is -2.36. The summed E-state index contributed by atoms with van der Waals surface area (Å²) >= 11 is 0. The van der Waals surface area contributed by atoms with Crippen LogP contribution < -0.4 is 10.5 Å². The molecule has 2 N–H and O–H groups in total. The summed E-state index contributed by atoms with van der Waals surface area (Å²) in [6.45, 7) is 2.18. The van der Waals surface area contributed by atoms with Crippen LogP contribution in [-0.4, -0.2) is 23.3 Å². The van der Waals surface area contributed by atoms with E-state index < -0.39 is 5.91 Å². The Labute approximate surface area is 135 Å². The Morgan fingerprint density at radius 3 is 2.22 bits per heavy atom. The van der Waals surface area contributed by atoms with Gasteiger partial charge >= 0.3 is 0 Å². The topological polar surface area (TPSA) is 72.6 Å². The van der Waals surface area contributed by atoms with Crippen LogP contribution in [-0.2, 0) is 22.7 Å². The zero-order chi connectivity index (χ0) is 16.7. The van der Waals surface area contributed by atoms with Crippen LogP contribution in [0.25, 0.3) is 0 Å². The van der Waals surface area contributed by atoms with Crippen LogP contribution in [0.4, 0.5) is 0 Å². The minimum Gasteiger partial charge on any atom is -0.489 e. The van der Waals surface area contributed by atoms with E-state index in [4.69, 9.17) is 10.5 Å². The van der Waals surface area contributed by atoms with Gasteiger partial charge in [0.2, 0.25) is 11.8 Å². The maximum absolute atomic E-state index is 11.5. The third-order valence-electron chi connectivity index (χ3n) is 3.34. The van der Waals surface area contributed by atoms with Gasteiger partial charge in [-0.25, -0.2) is 0 Å². The molecule has 0 bridgehead atoms. The predicted octanol–water partition coefficient (Wildman–Crippen LogP) is 2.10. The van der Waals surface area contributed by atoms with Gasteiger partial charge in [0.1, 0.15) is 12.4 Å². The lowest BCUT2D eigenvalue weighted by atomic mass is 10.2. The first-order chi connectivity index (χ1) is 11.0. The zero-order valence-corrected chi connectivity index (χ0v) is 13.1. The van der Waals surface area contributed by atoms with Crippen molar-refractivity contribution in [3.8, 4) is 5.75 Å². The highest BCUT2D eigenvalue weighted by Crippen LogP contribution is 2.15. The van der Waals surface area contributed by atoms with E-state index in [2.05, 4.69) is 0 Å². The van der Waals surface area contributed by atoms with Gasteiger partial charge in [0, 0.05) is 13.5 Å². The van der Waals surface area contributed by atoms with Gasteiger partial charge in [-0.2, -0.15) is 0 Å². The summed E-state index contributed by atoms with van der Waals surface area (Å²) < 4.78 is 5.71. The van der Waals surface area contributed by atoms with E-state index >= 15 is 0 Å². The van der Waals surface area contributed by atoms with Gasteiger partial charge in [-0.1, -0.05) is 42.5 Å². The number of primary amides is 1. The molecule has 0 saturated heterocycles. The standard InChI is InChI=1S/C18H20N2O3/c1-14(21)20(12-18(19)22)11-15-7-9-17(10-8-15)23-13-16-5-3-2-4-6-16/h2-10H,11-13H2,1H3,(H2,19,22). The van der Waals surface area contributed by atoms with E-state index in [1.807, 2.05) is 54.6 Å². The monoisotopic (exact) mass is 312 g/mol. The van der Waals surface area contributed by atoms with Crippen LogP contribution in [0.1, 0.15) is 18.1 Å². The van der Waals surface area contributed by atoms with Crippen LogP contribution in [0.15, 0.2) is 54.6 Å². The fourth-order valence-corrected chi connectivity index (χ4v) is 2.12. The summed E-state index contributed by atoms with van der Waals surface area (Å²) in [5.41, 5.74) is 7.16. The summed E-state index contributed by atoms with van der Waals surface area (Å²) in [5, 5.41) is 0. The highest BCUT2D eigenvalue weighted by molar-refractivity contribution is 5.82. The number of rotatable bonds is 7. The molecule has 0 fully saturated rings. The first-order valence-corrected chi connectivity index (χ1v) is 7.34. The number of hydrogen-bond donors (Lipinski definition) is 1. The maximum atomic E-state index is 11.5. The van der Waals surface area contributed by atoms with Crippen molar-refractivity contribution in [3.63, 3.8) is 0 Å². The van der Waals surface area contributed by atoms with E-state index in [9.17, 15) is 9.59 Å². The first-order valence-electron chi connectivity index (χ1n) is 7.34. The van der Waals surface area contributed by atoms with Gasteiger partial charge in [0.15, 0.2) is 0 Å². The molecule has 120 valence electrons. The van der Waals surface area contributed by atoms with Crippen molar-refractivity contribution in [2.24, 2.45) is 5.73 Å². The maximum Gasteiger partial charge on any atom is 0.237 e. The van der Waals surface area contributed by atoms with Gasteiger partial charge in [-0.05, 0) is 23.3 Å². The summed E-state index contributed by atoms with van der Waals surface area (Å²) in [7, 11) is 0. The molecule has 0 radical (unpaired) electrons. The molecule has 0 aliphatic rings. The van der Waals surface area contributed by atoms with Crippen molar-refractivity contribution in [1.82, 2.24) is 4.90 Å². The van der Waals surface area contributed by atoms with E-state index in [1.165, 1.54) is 11.8 Å². The summed E-state index contributed by atoms with van der Waals surface area (Å²) in [5.74, 6) is 0.0399. The van der Waals surface area contributed by atoms with Crippen LogP contribution >= 0.6 is 0 Å². The van der Waals surface area contributed by atoms with Crippen molar-refractivity contribution >= 4 is 11.8 Å². The molecular formula is C18H20N2O3. The number of nitrogens with two attached hydrogens (primary N) is 1. The highest BCUT2D eigenvalue weighted by Gasteiger charge is 2.12. The Balaban J connectivity index is 1.93. The van der Waals surface area contributed by atoms with E-state index in [0.717, 1.165) is 16.9 Å². The van der Waals surface area contributed by atoms with Crippen LogP contribution in [0, 0.1) is 0 Å². The number of carbonyl (C=O) groups excluding carboxylic acids is 2. The van der Waals surface area contributed by atoms with Crippen LogP contribution in [0.5, 0.6) is 5.75 Å². The average molecular weight is 312 g/mol. The molecule has 2 amide bonds. The molecule has 23 heavy (non-hydrogen) atoms. The number of amides is 2. The number of nitrogens with zero attached hydrogens (tertiary/aromatic N) is 1. The Hall–Kier alpha value is -2.82. The fraction of sp³-hybridized carbons (Fsp3) is 0.222. The fourth-order valence-electron chi connectivity index (χ4n) is 2.12. The molecule has 2 rings (SSSR count).